The molecule has 0 saturated carbocycles. The fourth-order valence-electron chi connectivity index (χ4n) is 1.56. The third-order valence-electron chi connectivity index (χ3n) is 2.47. The van der Waals surface area contributed by atoms with Crippen LogP contribution >= 0.6 is 11.3 Å². The zero-order valence-corrected chi connectivity index (χ0v) is 11.3. The highest BCUT2D eigenvalue weighted by molar-refractivity contribution is 7.10. The summed E-state index contributed by atoms with van der Waals surface area (Å²) in [7, 11) is 0. The van der Waals surface area contributed by atoms with Crippen LogP contribution in [0.3, 0.4) is 0 Å². The molecule has 0 saturated heterocycles. The zero-order chi connectivity index (χ0) is 14.4. The molecule has 1 aromatic heterocycles. The Kier molecular flexibility index (Phi) is 4.53. The maximum atomic E-state index is 10.4. The van der Waals surface area contributed by atoms with E-state index in [-0.39, 0.29) is 0 Å². The molecule has 5 heteroatoms. The summed E-state index contributed by atoms with van der Waals surface area (Å²) >= 11 is 1.48. The van der Waals surface area contributed by atoms with Crippen LogP contribution in [0.1, 0.15) is 16.0 Å². The van der Waals surface area contributed by atoms with E-state index in [0.29, 0.717) is 17.9 Å². The quantitative estimate of drug-likeness (QED) is 0.856. The van der Waals surface area contributed by atoms with Crippen molar-refractivity contribution in [2.24, 2.45) is 0 Å². The van der Waals surface area contributed by atoms with E-state index in [1.165, 1.54) is 17.4 Å². The Bertz CT molecular complexity index is 682. The number of thiophene rings is 1. The minimum Gasteiger partial charge on any atom is -0.487 e. The van der Waals surface area contributed by atoms with E-state index in [2.05, 4.69) is 6.07 Å². The van der Waals surface area contributed by atoms with Gasteiger partial charge in [-0.1, -0.05) is 12.1 Å². The lowest BCUT2D eigenvalue weighted by atomic mass is 10.2. The molecule has 0 aliphatic rings. The number of carboxylic acids is 1. The highest BCUT2D eigenvalue weighted by Gasteiger charge is 2.03. The van der Waals surface area contributed by atoms with E-state index >= 15 is 0 Å². The van der Waals surface area contributed by atoms with Crippen LogP contribution in [0, 0.1) is 11.3 Å². The average Bonchev–Trinajstić information content (AvgIpc) is 2.91. The van der Waals surface area contributed by atoms with Crippen molar-refractivity contribution in [3.8, 4) is 11.8 Å². The van der Waals surface area contributed by atoms with Crippen LogP contribution in [-0.4, -0.2) is 11.1 Å². The third kappa shape index (κ3) is 3.70. The van der Waals surface area contributed by atoms with Gasteiger partial charge in [-0.3, -0.25) is 0 Å². The number of hydrogen-bond donors (Lipinski definition) is 1. The lowest BCUT2D eigenvalue weighted by Crippen LogP contribution is -1.94. The summed E-state index contributed by atoms with van der Waals surface area (Å²) in [6.45, 7) is 0.351. The maximum Gasteiger partial charge on any atom is 0.328 e. The minimum absolute atomic E-state index is 0.351. The van der Waals surface area contributed by atoms with Crippen molar-refractivity contribution in [1.29, 1.82) is 5.26 Å². The van der Waals surface area contributed by atoms with Crippen LogP contribution < -0.4 is 4.74 Å². The van der Waals surface area contributed by atoms with Crippen molar-refractivity contribution in [1.82, 2.24) is 0 Å². The summed E-state index contributed by atoms with van der Waals surface area (Å²) in [5.74, 6) is -0.428. The summed E-state index contributed by atoms with van der Waals surface area (Å²) in [6.07, 6.45) is 2.63. The van der Waals surface area contributed by atoms with E-state index in [4.69, 9.17) is 15.1 Å². The van der Waals surface area contributed by atoms with Crippen LogP contribution in [0.4, 0.5) is 0 Å². The van der Waals surface area contributed by atoms with Crippen molar-refractivity contribution in [3.05, 3.63) is 57.8 Å². The number of ether oxygens (including phenoxy) is 1. The largest absolute Gasteiger partial charge is 0.487 e. The number of benzene rings is 1. The Labute approximate surface area is 120 Å². The molecule has 0 spiro atoms. The molecule has 100 valence electrons. The van der Waals surface area contributed by atoms with E-state index in [0.717, 1.165) is 16.5 Å². The number of hydrogen-bond acceptors (Lipinski definition) is 4. The Morgan fingerprint density at radius 1 is 1.45 bits per heavy atom. The fraction of sp³-hybridized carbons (Fsp3) is 0.0667. The van der Waals surface area contributed by atoms with Gasteiger partial charge in [0.05, 0.1) is 5.56 Å². The molecule has 2 aromatic rings. The van der Waals surface area contributed by atoms with Gasteiger partial charge in [-0.25, -0.2) is 4.79 Å². The zero-order valence-electron chi connectivity index (χ0n) is 10.4. The molecular weight excluding hydrogens is 274 g/mol. The van der Waals surface area contributed by atoms with Gasteiger partial charge in [0.1, 0.15) is 18.4 Å². The number of rotatable bonds is 5. The summed E-state index contributed by atoms with van der Waals surface area (Å²) < 4.78 is 5.60. The Morgan fingerprint density at radius 2 is 2.25 bits per heavy atom. The van der Waals surface area contributed by atoms with E-state index in [1.54, 1.807) is 18.2 Å². The summed E-state index contributed by atoms with van der Waals surface area (Å²) in [5.41, 5.74) is 1.32. The number of aliphatic carboxylic acids is 1. The first kappa shape index (κ1) is 13.8. The number of carbonyl (C=O) groups is 1. The van der Waals surface area contributed by atoms with Gasteiger partial charge in [-0.2, -0.15) is 5.26 Å². The van der Waals surface area contributed by atoms with Crippen LogP contribution in [0.15, 0.2) is 41.8 Å². The molecule has 0 atom stereocenters. The molecule has 20 heavy (non-hydrogen) atoms. The molecule has 0 unspecified atom stereocenters. The molecule has 0 bridgehead atoms. The van der Waals surface area contributed by atoms with Gasteiger partial charge >= 0.3 is 5.97 Å². The second kappa shape index (κ2) is 6.55. The molecule has 0 aliphatic heterocycles. The van der Waals surface area contributed by atoms with Crippen molar-refractivity contribution >= 4 is 23.4 Å². The van der Waals surface area contributed by atoms with Gasteiger partial charge in [0.2, 0.25) is 0 Å². The molecule has 2 rings (SSSR count). The fourth-order valence-corrected chi connectivity index (χ4v) is 2.33. The molecule has 1 heterocycles. The van der Waals surface area contributed by atoms with E-state index in [1.807, 2.05) is 17.5 Å². The van der Waals surface area contributed by atoms with Crippen LogP contribution in [0.2, 0.25) is 0 Å². The van der Waals surface area contributed by atoms with Crippen LogP contribution in [-0.2, 0) is 11.4 Å². The first-order valence-corrected chi connectivity index (χ1v) is 6.67. The highest BCUT2D eigenvalue weighted by Crippen LogP contribution is 2.21. The standard InChI is InChI=1S/C15H11NO3S/c16-8-12-3-1-2-4-14(12)19-9-13-7-11(10-20-13)5-6-15(17)18/h1-7,10H,9H2,(H,17,18). The molecule has 0 amide bonds. The first-order valence-electron chi connectivity index (χ1n) is 5.79. The van der Waals surface area contributed by atoms with Gasteiger partial charge in [-0.05, 0) is 35.2 Å². The van der Waals surface area contributed by atoms with Gasteiger partial charge in [-0.15, -0.1) is 11.3 Å². The molecular formula is C15H11NO3S. The Hall–Kier alpha value is -2.58. The number of nitriles is 1. The van der Waals surface area contributed by atoms with Crippen molar-refractivity contribution < 1.29 is 14.6 Å². The first-order chi connectivity index (χ1) is 9.69. The smallest absolute Gasteiger partial charge is 0.328 e. The Morgan fingerprint density at radius 3 is 3.00 bits per heavy atom. The molecule has 0 fully saturated rings. The summed E-state index contributed by atoms with van der Waals surface area (Å²) in [4.78, 5) is 11.4. The second-order valence-electron chi connectivity index (χ2n) is 3.91. The summed E-state index contributed by atoms with van der Waals surface area (Å²) in [6, 6.07) is 11.0. The minimum atomic E-state index is -0.975. The molecule has 0 radical (unpaired) electrons. The molecule has 0 aliphatic carbocycles. The van der Waals surface area contributed by atoms with Gasteiger partial charge in [0.25, 0.3) is 0 Å². The molecule has 4 nitrogen and oxygen atoms in total. The lowest BCUT2D eigenvalue weighted by Gasteiger charge is -2.05. The second-order valence-corrected chi connectivity index (χ2v) is 4.91. The maximum absolute atomic E-state index is 10.4. The van der Waals surface area contributed by atoms with Crippen LogP contribution in [0.5, 0.6) is 5.75 Å². The normalized spacial score (nSPS) is 10.3. The van der Waals surface area contributed by atoms with Crippen molar-refractivity contribution in [3.63, 3.8) is 0 Å². The molecule has 1 aromatic carbocycles. The SMILES string of the molecule is N#Cc1ccccc1OCc1cc(C=CC(=O)O)cs1. The van der Waals surface area contributed by atoms with Crippen molar-refractivity contribution in [2.45, 2.75) is 6.61 Å². The van der Waals surface area contributed by atoms with Gasteiger partial charge < -0.3 is 9.84 Å². The monoisotopic (exact) mass is 285 g/mol. The predicted octanol–water partition coefficient (Wildman–Crippen LogP) is 3.30. The number of carboxylic acid groups (broad SMARTS) is 1. The average molecular weight is 285 g/mol. The number of nitrogens with zero attached hydrogens (tertiary/aromatic N) is 1. The van der Waals surface area contributed by atoms with Gasteiger partial charge in [0, 0.05) is 11.0 Å². The Balaban J connectivity index is 2.01. The van der Waals surface area contributed by atoms with E-state index in [9.17, 15) is 4.79 Å². The van der Waals surface area contributed by atoms with E-state index < -0.39 is 5.97 Å². The topological polar surface area (TPSA) is 70.3 Å². The molecule has 1 N–H and O–H groups in total. The predicted molar refractivity (Wildman–Crippen MR) is 76.5 cm³/mol. The third-order valence-corrected chi connectivity index (χ3v) is 3.40. The van der Waals surface area contributed by atoms with Gasteiger partial charge in [0.15, 0.2) is 0 Å². The number of para-hydroxylation sites is 1. The lowest BCUT2D eigenvalue weighted by molar-refractivity contribution is -0.131. The highest BCUT2D eigenvalue weighted by atomic mass is 32.1. The van der Waals surface area contributed by atoms with Crippen molar-refractivity contribution in [2.75, 3.05) is 0 Å². The van der Waals surface area contributed by atoms with Crippen LogP contribution in [0.25, 0.3) is 6.08 Å². The summed E-state index contributed by atoms with van der Waals surface area (Å²) in [5, 5.41) is 19.4.